The third kappa shape index (κ3) is 3.16. The number of aryl methyl sites for hydroxylation is 2. The van der Waals surface area contributed by atoms with Crippen LogP contribution in [0.3, 0.4) is 0 Å². The van der Waals surface area contributed by atoms with Crippen LogP contribution in [0.1, 0.15) is 24.2 Å². The molecule has 4 heteroatoms. The molecule has 22 heavy (non-hydrogen) atoms. The van der Waals surface area contributed by atoms with E-state index in [0.29, 0.717) is 6.54 Å². The monoisotopic (exact) mass is 297 g/mol. The van der Waals surface area contributed by atoms with Crippen molar-refractivity contribution in [3.05, 3.63) is 47.8 Å². The SMILES string of the molecule is Cc1ccc(C)n1CC(=O)Nc1ccc(N2CCCC2)cc1. The number of nitrogens with one attached hydrogen (secondary N) is 1. The van der Waals surface area contributed by atoms with Gasteiger partial charge in [0.2, 0.25) is 5.91 Å². The van der Waals surface area contributed by atoms with E-state index < -0.39 is 0 Å². The Morgan fingerprint density at radius 3 is 2.18 bits per heavy atom. The summed E-state index contributed by atoms with van der Waals surface area (Å²) in [7, 11) is 0. The van der Waals surface area contributed by atoms with Gasteiger partial charge in [0.1, 0.15) is 6.54 Å². The molecule has 1 aromatic carbocycles. The van der Waals surface area contributed by atoms with Crippen LogP contribution in [0.2, 0.25) is 0 Å². The van der Waals surface area contributed by atoms with Crippen LogP contribution >= 0.6 is 0 Å². The van der Waals surface area contributed by atoms with Crippen molar-refractivity contribution in [1.82, 2.24) is 4.57 Å². The van der Waals surface area contributed by atoms with Crippen molar-refractivity contribution in [3.8, 4) is 0 Å². The molecule has 0 aliphatic carbocycles. The van der Waals surface area contributed by atoms with Gasteiger partial charge in [0.15, 0.2) is 0 Å². The van der Waals surface area contributed by atoms with Gasteiger partial charge in [-0.2, -0.15) is 0 Å². The van der Waals surface area contributed by atoms with Crippen molar-refractivity contribution in [2.45, 2.75) is 33.2 Å². The zero-order valence-corrected chi connectivity index (χ0v) is 13.3. The zero-order valence-electron chi connectivity index (χ0n) is 13.3. The molecule has 2 heterocycles. The highest BCUT2D eigenvalue weighted by molar-refractivity contribution is 5.90. The lowest BCUT2D eigenvalue weighted by molar-refractivity contribution is -0.116. The topological polar surface area (TPSA) is 37.3 Å². The van der Waals surface area contributed by atoms with Crippen molar-refractivity contribution in [3.63, 3.8) is 0 Å². The molecule has 1 aromatic heterocycles. The number of benzene rings is 1. The largest absolute Gasteiger partial charge is 0.372 e. The van der Waals surface area contributed by atoms with E-state index in [1.807, 2.05) is 42.7 Å². The number of hydrogen-bond donors (Lipinski definition) is 1. The van der Waals surface area contributed by atoms with Crippen molar-refractivity contribution >= 4 is 17.3 Å². The van der Waals surface area contributed by atoms with E-state index in [0.717, 1.165) is 30.2 Å². The first kappa shape index (κ1) is 14.7. The predicted octanol–water partition coefficient (Wildman–Crippen LogP) is 3.34. The lowest BCUT2D eigenvalue weighted by atomic mass is 10.2. The third-order valence-corrected chi connectivity index (χ3v) is 4.34. The van der Waals surface area contributed by atoms with Crippen molar-refractivity contribution in [2.75, 3.05) is 23.3 Å². The van der Waals surface area contributed by atoms with Gasteiger partial charge >= 0.3 is 0 Å². The van der Waals surface area contributed by atoms with Crippen molar-refractivity contribution in [1.29, 1.82) is 0 Å². The first-order chi connectivity index (χ1) is 10.6. The van der Waals surface area contributed by atoms with Crippen LogP contribution < -0.4 is 10.2 Å². The fourth-order valence-corrected chi connectivity index (χ4v) is 3.02. The molecule has 1 saturated heterocycles. The number of carbonyl (C=O) groups is 1. The highest BCUT2D eigenvalue weighted by Crippen LogP contribution is 2.22. The second kappa shape index (κ2) is 6.26. The predicted molar refractivity (Wildman–Crippen MR) is 90.4 cm³/mol. The molecule has 3 rings (SSSR count). The first-order valence-corrected chi connectivity index (χ1v) is 7.91. The minimum absolute atomic E-state index is 0.0105. The van der Waals surface area contributed by atoms with Crippen LogP contribution in [0.25, 0.3) is 0 Å². The number of aromatic nitrogens is 1. The maximum absolute atomic E-state index is 12.2. The van der Waals surface area contributed by atoms with E-state index in [2.05, 4.69) is 22.3 Å². The summed E-state index contributed by atoms with van der Waals surface area (Å²) in [6, 6.07) is 12.2. The Bertz CT molecular complexity index is 632. The standard InChI is InChI=1S/C18H23N3O/c1-14-5-6-15(2)21(14)13-18(22)19-16-7-9-17(10-8-16)20-11-3-4-12-20/h5-10H,3-4,11-13H2,1-2H3,(H,19,22). The Balaban J connectivity index is 1.61. The van der Waals surface area contributed by atoms with Crippen molar-refractivity contribution in [2.24, 2.45) is 0 Å². The third-order valence-electron chi connectivity index (χ3n) is 4.34. The molecule has 4 nitrogen and oxygen atoms in total. The minimum atomic E-state index is 0.0105. The Morgan fingerprint density at radius 2 is 1.59 bits per heavy atom. The quantitative estimate of drug-likeness (QED) is 0.939. The maximum Gasteiger partial charge on any atom is 0.244 e. The number of rotatable bonds is 4. The summed E-state index contributed by atoms with van der Waals surface area (Å²) in [4.78, 5) is 14.6. The average Bonchev–Trinajstić information content (AvgIpc) is 3.14. The molecule has 1 aliphatic heterocycles. The van der Waals surface area contributed by atoms with Crippen LogP contribution in [0.4, 0.5) is 11.4 Å². The maximum atomic E-state index is 12.2. The van der Waals surface area contributed by atoms with E-state index in [4.69, 9.17) is 0 Å². The number of amides is 1. The molecule has 1 amide bonds. The van der Waals surface area contributed by atoms with Gasteiger partial charge in [-0.05, 0) is 63.1 Å². The zero-order chi connectivity index (χ0) is 15.5. The number of anilines is 2. The lowest BCUT2D eigenvalue weighted by Crippen LogP contribution is -2.20. The molecule has 0 saturated carbocycles. The molecule has 1 aliphatic rings. The van der Waals surface area contributed by atoms with Gasteiger partial charge in [-0.1, -0.05) is 0 Å². The Labute approximate surface area is 131 Å². The number of nitrogens with zero attached hydrogens (tertiary/aromatic N) is 2. The minimum Gasteiger partial charge on any atom is -0.372 e. The summed E-state index contributed by atoms with van der Waals surface area (Å²) < 4.78 is 2.02. The van der Waals surface area contributed by atoms with Crippen LogP contribution in [0.15, 0.2) is 36.4 Å². The van der Waals surface area contributed by atoms with Gasteiger partial charge in [-0.15, -0.1) is 0 Å². The Hall–Kier alpha value is -2.23. The average molecular weight is 297 g/mol. The summed E-state index contributed by atoms with van der Waals surface area (Å²) in [6.07, 6.45) is 2.54. The van der Waals surface area contributed by atoms with Gasteiger partial charge in [-0.25, -0.2) is 0 Å². The molecule has 0 spiro atoms. The summed E-state index contributed by atoms with van der Waals surface area (Å²) in [6.45, 7) is 6.67. The van der Waals surface area contributed by atoms with Crippen LogP contribution in [-0.2, 0) is 11.3 Å². The molecule has 1 fully saturated rings. The van der Waals surface area contributed by atoms with Crippen LogP contribution in [-0.4, -0.2) is 23.6 Å². The van der Waals surface area contributed by atoms with Crippen molar-refractivity contribution < 1.29 is 4.79 Å². The molecule has 0 unspecified atom stereocenters. The molecule has 1 N–H and O–H groups in total. The molecule has 0 radical (unpaired) electrons. The van der Waals surface area contributed by atoms with E-state index >= 15 is 0 Å². The van der Waals surface area contributed by atoms with E-state index in [-0.39, 0.29) is 5.91 Å². The van der Waals surface area contributed by atoms with E-state index in [9.17, 15) is 4.79 Å². The van der Waals surface area contributed by atoms with E-state index in [1.54, 1.807) is 0 Å². The second-order valence-electron chi connectivity index (χ2n) is 5.99. The smallest absolute Gasteiger partial charge is 0.244 e. The molecule has 2 aromatic rings. The van der Waals surface area contributed by atoms with Gasteiger partial charge in [0.05, 0.1) is 0 Å². The normalized spacial score (nSPS) is 14.4. The number of carbonyl (C=O) groups excluding carboxylic acids is 1. The fourth-order valence-electron chi connectivity index (χ4n) is 3.02. The fraction of sp³-hybridized carbons (Fsp3) is 0.389. The Kier molecular flexibility index (Phi) is 4.18. The highest BCUT2D eigenvalue weighted by Gasteiger charge is 2.12. The van der Waals surface area contributed by atoms with Gasteiger partial charge in [0.25, 0.3) is 0 Å². The summed E-state index contributed by atoms with van der Waals surface area (Å²) in [5.41, 5.74) is 4.32. The van der Waals surface area contributed by atoms with Gasteiger partial charge in [0, 0.05) is 35.9 Å². The second-order valence-corrected chi connectivity index (χ2v) is 5.99. The van der Waals surface area contributed by atoms with Crippen LogP contribution in [0, 0.1) is 13.8 Å². The Morgan fingerprint density at radius 1 is 1.00 bits per heavy atom. The molecule has 116 valence electrons. The molecule has 0 atom stereocenters. The van der Waals surface area contributed by atoms with E-state index in [1.165, 1.54) is 18.5 Å². The summed E-state index contributed by atoms with van der Waals surface area (Å²) in [5.74, 6) is 0.0105. The van der Waals surface area contributed by atoms with Crippen LogP contribution in [0.5, 0.6) is 0 Å². The molecular formula is C18H23N3O. The van der Waals surface area contributed by atoms with Gasteiger partial charge in [-0.3, -0.25) is 4.79 Å². The summed E-state index contributed by atoms with van der Waals surface area (Å²) in [5, 5.41) is 2.97. The summed E-state index contributed by atoms with van der Waals surface area (Å²) >= 11 is 0. The lowest BCUT2D eigenvalue weighted by Gasteiger charge is -2.18. The van der Waals surface area contributed by atoms with Gasteiger partial charge < -0.3 is 14.8 Å². The molecule has 0 bridgehead atoms. The highest BCUT2D eigenvalue weighted by atomic mass is 16.1. The first-order valence-electron chi connectivity index (χ1n) is 7.91. The number of hydrogen-bond acceptors (Lipinski definition) is 2. The molecular weight excluding hydrogens is 274 g/mol.